The van der Waals surface area contributed by atoms with Gasteiger partial charge in [-0.1, -0.05) is 11.6 Å². The summed E-state index contributed by atoms with van der Waals surface area (Å²) in [5.74, 6) is -7.83. The van der Waals surface area contributed by atoms with Gasteiger partial charge in [-0.05, 0) is 29.7 Å². The van der Waals surface area contributed by atoms with Crippen LogP contribution < -0.4 is 0 Å². The molecule has 1 aliphatic rings. The van der Waals surface area contributed by atoms with Crippen LogP contribution >= 0.6 is 11.6 Å². The summed E-state index contributed by atoms with van der Waals surface area (Å²) in [6.07, 6.45) is -2.20. The van der Waals surface area contributed by atoms with E-state index >= 15 is 0 Å². The summed E-state index contributed by atoms with van der Waals surface area (Å²) in [4.78, 5) is 36.8. The predicted octanol–water partition coefficient (Wildman–Crippen LogP) is 3.62. The lowest BCUT2D eigenvalue weighted by atomic mass is 9.81. The first-order valence-corrected chi connectivity index (χ1v) is 10.4. The summed E-state index contributed by atoms with van der Waals surface area (Å²) in [7, 11) is 0. The monoisotopic (exact) mass is 456 g/mol. The third-order valence-corrected chi connectivity index (χ3v) is 5.82. The van der Waals surface area contributed by atoms with Gasteiger partial charge in [0.15, 0.2) is 22.2 Å². The average molecular weight is 457 g/mol. The minimum absolute atomic E-state index is 0.0493. The third-order valence-electron chi connectivity index (χ3n) is 4.39. The van der Waals surface area contributed by atoms with Crippen molar-refractivity contribution in [2.45, 2.75) is 43.1 Å². The van der Waals surface area contributed by atoms with E-state index in [-0.39, 0.29) is 33.9 Å². The number of ether oxygens (including phenoxy) is 1. The van der Waals surface area contributed by atoms with Crippen molar-refractivity contribution >= 4 is 40.1 Å². The maximum atomic E-state index is 13.0. The number of alkyl halides is 4. The van der Waals surface area contributed by atoms with Crippen molar-refractivity contribution in [1.82, 2.24) is 0 Å². The van der Waals surface area contributed by atoms with E-state index in [4.69, 9.17) is 11.6 Å². The predicted molar refractivity (Wildman–Crippen MR) is 96.1 cm³/mol. The fourth-order valence-corrected chi connectivity index (χ4v) is 4.04. The molecule has 1 unspecified atom stereocenters. The Balaban J connectivity index is 2.34. The van der Waals surface area contributed by atoms with Gasteiger partial charge in [-0.15, -0.1) is 0 Å². The molecule has 5 nitrogen and oxygen atoms in total. The summed E-state index contributed by atoms with van der Waals surface area (Å²) >= 11 is 4.52. The van der Waals surface area contributed by atoms with Gasteiger partial charge in [0.25, 0.3) is 0 Å². The van der Waals surface area contributed by atoms with Crippen LogP contribution in [0.5, 0.6) is 0 Å². The smallest absolute Gasteiger partial charge is 0.330 e. The van der Waals surface area contributed by atoms with Gasteiger partial charge in [0.2, 0.25) is 0 Å². The molecule has 0 spiro atoms. The highest BCUT2D eigenvalue weighted by Crippen LogP contribution is 2.33. The molecular weight excluding hydrogens is 440 g/mol. The molecule has 1 aromatic rings. The first-order valence-electron chi connectivity index (χ1n) is 8.45. The molecule has 11 heteroatoms. The molecule has 1 atom stereocenters. The van der Waals surface area contributed by atoms with Crippen molar-refractivity contribution in [3.8, 4) is 0 Å². The number of Topliss-reactive ketones (excluding diaryl/α,β-unsaturated/α-hetero) is 3. The van der Waals surface area contributed by atoms with Gasteiger partial charge in [-0.2, -0.15) is 8.78 Å². The molecule has 0 saturated heterocycles. The van der Waals surface area contributed by atoms with Crippen LogP contribution in [0.4, 0.5) is 17.6 Å². The van der Waals surface area contributed by atoms with E-state index in [9.17, 15) is 36.5 Å². The number of ketones is 3. The van der Waals surface area contributed by atoms with Gasteiger partial charge >= 0.3 is 12.3 Å². The minimum Gasteiger partial charge on any atom is -0.612 e. The fourth-order valence-electron chi connectivity index (χ4n) is 2.90. The highest BCUT2D eigenvalue weighted by molar-refractivity contribution is 7.90. The van der Waals surface area contributed by atoms with E-state index in [0.29, 0.717) is 6.42 Å². The number of halogens is 5. The van der Waals surface area contributed by atoms with Crippen LogP contribution in [0.2, 0.25) is 5.02 Å². The molecule has 0 N–H and O–H groups in total. The standard InChI is InChI=1S/C18H17ClF4O5S/c1-29(27)13-6-5-9(16(26)14-11(24)3-2-4-12(14)25)15(19)10(13)7-28-8-18(22,23)17(20)21/h5-6,14,17H,2-4,7-8H2,1H3. The highest BCUT2D eigenvalue weighted by Gasteiger charge is 2.41. The first kappa shape index (κ1) is 23.8. The highest BCUT2D eigenvalue weighted by atomic mass is 35.5. The van der Waals surface area contributed by atoms with Crippen molar-refractivity contribution < 1.29 is 41.2 Å². The Morgan fingerprint density at radius 3 is 2.41 bits per heavy atom. The number of hydrogen-bond acceptors (Lipinski definition) is 5. The average Bonchev–Trinajstić information content (AvgIpc) is 2.62. The van der Waals surface area contributed by atoms with Gasteiger partial charge in [-0.3, -0.25) is 14.4 Å². The van der Waals surface area contributed by atoms with E-state index < -0.39 is 60.0 Å². The second kappa shape index (κ2) is 9.55. The molecule has 1 saturated carbocycles. The van der Waals surface area contributed by atoms with Crippen LogP contribution in [-0.4, -0.2) is 47.1 Å². The second-order valence-corrected chi connectivity index (χ2v) is 8.22. The van der Waals surface area contributed by atoms with E-state index in [1.54, 1.807) is 0 Å². The molecule has 1 aliphatic carbocycles. The Hall–Kier alpha value is -1.49. The number of benzene rings is 1. The second-order valence-electron chi connectivity index (χ2n) is 6.50. The van der Waals surface area contributed by atoms with Crippen LogP contribution in [0.3, 0.4) is 0 Å². The molecule has 0 heterocycles. The zero-order valence-electron chi connectivity index (χ0n) is 15.2. The normalized spacial score (nSPS) is 17.1. The van der Waals surface area contributed by atoms with Gasteiger partial charge < -0.3 is 9.29 Å². The van der Waals surface area contributed by atoms with E-state index in [0.717, 1.165) is 0 Å². The topological polar surface area (TPSA) is 83.5 Å². The van der Waals surface area contributed by atoms with E-state index in [1.807, 2.05) is 0 Å². The molecule has 2 rings (SSSR count). The number of hydrogen-bond donors (Lipinski definition) is 0. The minimum atomic E-state index is -4.40. The lowest BCUT2D eigenvalue weighted by molar-refractivity contribution is -0.168. The maximum absolute atomic E-state index is 13.0. The first-order chi connectivity index (χ1) is 13.5. The van der Waals surface area contributed by atoms with Crippen molar-refractivity contribution in [1.29, 1.82) is 0 Å². The Kier molecular flexibility index (Phi) is 7.83. The zero-order valence-corrected chi connectivity index (χ0v) is 16.8. The van der Waals surface area contributed by atoms with E-state index in [2.05, 4.69) is 4.74 Å². The van der Waals surface area contributed by atoms with E-state index in [1.165, 1.54) is 18.4 Å². The summed E-state index contributed by atoms with van der Waals surface area (Å²) in [5.41, 5.74) is -0.340. The van der Waals surface area contributed by atoms with Crippen LogP contribution in [-0.2, 0) is 32.1 Å². The van der Waals surface area contributed by atoms with Crippen LogP contribution in [0, 0.1) is 5.92 Å². The summed E-state index contributed by atoms with van der Waals surface area (Å²) in [6.45, 7) is -2.34. The van der Waals surface area contributed by atoms with Gasteiger partial charge in [-0.25, -0.2) is 8.78 Å². The Labute approximate surface area is 171 Å². The maximum Gasteiger partial charge on any atom is 0.330 e. The van der Waals surface area contributed by atoms with Crippen molar-refractivity contribution in [3.05, 3.63) is 28.3 Å². The third kappa shape index (κ3) is 5.36. The van der Waals surface area contributed by atoms with Gasteiger partial charge in [0.05, 0.1) is 17.2 Å². The molecule has 29 heavy (non-hydrogen) atoms. The molecule has 0 aromatic heterocycles. The Morgan fingerprint density at radius 1 is 1.31 bits per heavy atom. The molecule has 0 radical (unpaired) electrons. The van der Waals surface area contributed by atoms with Gasteiger partial charge in [0, 0.05) is 18.4 Å². The fraction of sp³-hybridized carbons (Fsp3) is 0.500. The van der Waals surface area contributed by atoms with Gasteiger partial charge in [0.1, 0.15) is 18.8 Å². The van der Waals surface area contributed by atoms with Crippen molar-refractivity contribution in [2.24, 2.45) is 5.92 Å². The number of carbonyl (C=O) groups excluding carboxylic acids is 3. The molecule has 0 amide bonds. The molecule has 1 fully saturated rings. The van der Waals surface area contributed by atoms with Crippen LogP contribution in [0.25, 0.3) is 0 Å². The molecule has 0 aliphatic heterocycles. The Bertz CT molecular complexity index is 800. The quantitative estimate of drug-likeness (QED) is 0.258. The van der Waals surface area contributed by atoms with Crippen LogP contribution in [0.15, 0.2) is 17.0 Å². The lowest BCUT2D eigenvalue weighted by Gasteiger charge is -2.21. The Morgan fingerprint density at radius 2 is 1.90 bits per heavy atom. The number of carbonyl (C=O) groups is 3. The lowest BCUT2D eigenvalue weighted by Crippen LogP contribution is -2.35. The van der Waals surface area contributed by atoms with Crippen molar-refractivity contribution in [2.75, 3.05) is 12.9 Å². The molecule has 1 aromatic carbocycles. The SMILES string of the molecule is C[S+]([O-])c1ccc(C(=O)C2C(=O)CCCC2=O)c(Cl)c1COCC(F)(F)C(F)F. The summed E-state index contributed by atoms with van der Waals surface area (Å²) < 4.78 is 67.2. The molecule has 0 bridgehead atoms. The number of rotatable bonds is 8. The largest absolute Gasteiger partial charge is 0.612 e. The van der Waals surface area contributed by atoms with Crippen molar-refractivity contribution in [3.63, 3.8) is 0 Å². The summed E-state index contributed by atoms with van der Waals surface area (Å²) in [5, 5.41) is -0.325. The summed E-state index contributed by atoms with van der Waals surface area (Å²) in [6, 6.07) is 2.42. The molecular formula is C18H17ClF4O5S. The zero-order chi connectivity index (χ0) is 21.9. The molecule has 160 valence electrons. The van der Waals surface area contributed by atoms with Crippen LogP contribution in [0.1, 0.15) is 35.2 Å².